The molecule has 0 aliphatic heterocycles. The molecule has 0 radical (unpaired) electrons. The third-order valence-corrected chi connectivity index (χ3v) is 2.51. The van der Waals surface area contributed by atoms with Crippen molar-refractivity contribution in [3.8, 4) is 0 Å². The average Bonchev–Trinajstić information content (AvgIpc) is 1.91. The summed E-state index contributed by atoms with van der Waals surface area (Å²) in [6.07, 6.45) is 1.98. The zero-order valence-corrected chi connectivity index (χ0v) is 7.83. The first kappa shape index (κ1) is 10.0. The maximum Gasteiger partial charge on any atom is 0.191 e. The smallest absolute Gasteiger partial charge is 0.191 e. The molecule has 0 spiro atoms. The van der Waals surface area contributed by atoms with Crippen LogP contribution in [0.25, 0.3) is 0 Å². The molecule has 0 atom stereocenters. The van der Waals surface area contributed by atoms with Crippen LogP contribution in [0.2, 0.25) is 0 Å². The number of hydrogen-bond acceptors (Lipinski definition) is 2. The monoisotopic (exact) mass is 160 g/mol. The Kier molecular flexibility index (Phi) is 5.79. The normalized spacial score (nSPS) is 10.4. The minimum Gasteiger partial charge on any atom is -0.287 e. The third-order valence-electron chi connectivity index (χ3n) is 1.61. The van der Waals surface area contributed by atoms with Crippen molar-refractivity contribution in [1.29, 1.82) is 0 Å². The highest BCUT2D eigenvalue weighted by molar-refractivity contribution is 8.13. The van der Waals surface area contributed by atoms with Gasteiger partial charge in [0.05, 0.1) is 0 Å². The van der Waals surface area contributed by atoms with Crippen molar-refractivity contribution in [3.05, 3.63) is 0 Å². The van der Waals surface area contributed by atoms with Crippen molar-refractivity contribution in [2.45, 2.75) is 33.6 Å². The zero-order chi connectivity index (χ0) is 7.98. The molecule has 0 aromatic rings. The van der Waals surface area contributed by atoms with E-state index < -0.39 is 0 Å². The Morgan fingerprint density at radius 3 is 2.10 bits per heavy atom. The highest BCUT2D eigenvalue weighted by atomic mass is 32.2. The van der Waals surface area contributed by atoms with Crippen LogP contribution in [0.4, 0.5) is 0 Å². The van der Waals surface area contributed by atoms with Gasteiger partial charge < -0.3 is 0 Å². The van der Waals surface area contributed by atoms with E-state index >= 15 is 0 Å². The molecule has 0 aromatic carbocycles. The third kappa shape index (κ3) is 3.25. The van der Waals surface area contributed by atoms with E-state index in [2.05, 4.69) is 13.8 Å². The molecule has 0 amide bonds. The molecule has 2 heteroatoms. The number of rotatable bonds is 4. The molecular weight excluding hydrogens is 144 g/mol. The molecule has 60 valence electrons. The Morgan fingerprint density at radius 1 is 1.30 bits per heavy atom. The summed E-state index contributed by atoms with van der Waals surface area (Å²) in [4.78, 5) is 11.2. The molecule has 1 nitrogen and oxygen atoms in total. The average molecular weight is 160 g/mol. The minimum atomic E-state index is 0.296. The summed E-state index contributed by atoms with van der Waals surface area (Å²) in [5, 5.41) is 0.368. The van der Waals surface area contributed by atoms with Crippen LogP contribution in [-0.4, -0.2) is 10.9 Å². The second-order valence-corrected chi connectivity index (χ2v) is 3.53. The van der Waals surface area contributed by atoms with E-state index in [0.717, 1.165) is 18.6 Å². The molecule has 0 aliphatic carbocycles. The van der Waals surface area contributed by atoms with Crippen LogP contribution in [0.1, 0.15) is 33.6 Å². The Balaban J connectivity index is 3.65. The first-order valence-corrected chi connectivity index (χ1v) is 4.91. The molecule has 0 bridgehead atoms. The number of thioether (sulfide) groups is 1. The minimum absolute atomic E-state index is 0.296. The maximum absolute atomic E-state index is 11.2. The van der Waals surface area contributed by atoms with Gasteiger partial charge in [-0.3, -0.25) is 4.79 Å². The van der Waals surface area contributed by atoms with Crippen LogP contribution >= 0.6 is 11.8 Å². The Labute approximate surface area is 67.6 Å². The fourth-order valence-electron chi connectivity index (χ4n) is 0.882. The molecular formula is C8H16OS. The van der Waals surface area contributed by atoms with E-state index in [-0.39, 0.29) is 0 Å². The quantitative estimate of drug-likeness (QED) is 0.629. The number of hydrogen-bond donors (Lipinski definition) is 0. The second-order valence-electron chi connectivity index (χ2n) is 2.27. The lowest BCUT2D eigenvalue weighted by atomic mass is 10.1. The van der Waals surface area contributed by atoms with Crippen molar-refractivity contribution in [2.24, 2.45) is 5.92 Å². The maximum atomic E-state index is 11.2. The highest BCUT2D eigenvalue weighted by Gasteiger charge is 2.12. The molecule has 10 heavy (non-hydrogen) atoms. The lowest BCUT2D eigenvalue weighted by Crippen LogP contribution is -2.08. The van der Waals surface area contributed by atoms with Crippen molar-refractivity contribution in [2.75, 3.05) is 5.75 Å². The topological polar surface area (TPSA) is 17.1 Å². The van der Waals surface area contributed by atoms with Crippen molar-refractivity contribution < 1.29 is 4.79 Å². The summed E-state index contributed by atoms with van der Waals surface area (Å²) in [7, 11) is 0. The van der Waals surface area contributed by atoms with E-state index in [1.807, 2.05) is 6.92 Å². The first-order valence-electron chi connectivity index (χ1n) is 3.92. The van der Waals surface area contributed by atoms with Gasteiger partial charge in [-0.25, -0.2) is 0 Å². The SMILES string of the molecule is CCSC(=O)C(CC)CC. The molecule has 0 N–H and O–H groups in total. The predicted molar refractivity (Wildman–Crippen MR) is 47.2 cm³/mol. The summed E-state index contributed by atoms with van der Waals surface area (Å²) in [5.74, 6) is 1.21. The molecule has 0 aromatic heterocycles. The van der Waals surface area contributed by atoms with Gasteiger partial charge in [-0.05, 0) is 18.6 Å². The van der Waals surface area contributed by atoms with Crippen molar-refractivity contribution in [3.63, 3.8) is 0 Å². The van der Waals surface area contributed by atoms with E-state index in [9.17, 15) is 4.79 Å². The molecule has 0 aliphatic rings. The van der Waals surface area contributed by atoms with Crippen molar-refractivity contribution in [1.82, 2.24) is 0 Å². The lowest BCUT2D eigenvalue weighted by Gasteiger charge is -2.08. The van der Waals surface area contributed by atoms with Crippen LogP contribution < -0.4 is 0 Å². The van der Waals surface area contributed by atoms with Gasteiger partial charge >= 0.3 is 0 Å². The lowest BCUT2D eigenvalue weighted by molar-refractivity contribution is -0.114. The fraction of sp³-hybridized carbons (Fsp3) is 0.875. The first-order chi connectivity index (χ1) is 4.76. The van der Waals surface area contributed by atoms with E-state index in [1.54, 1.807) is 0 Å². The van der Waals surface area contributed by atoms with Gasteiger partial charge in [0.2, 0.25) is 0 Å². The summed E-state index contributed by atoms with van der Waals surface area (Å²) in [6, 6.07) is 0. The highest BCUT2D eigenvalue weighted by Crippen LogP contribution is 2.16. The summed E-state index contributed by atoms with van der Waals surface area (Å²) in [5.41, 5.74) is 0. The van der Waals surface area contributed by atoms with Gasteiger partial charge in [0, 0.05) is 5.92 Å². The van der Waals surface area contributed by atoms with Crippen molar-refractivity contribution >= 4 is 16.9 Å². The van der Waals surface area contributed by atoms with Crippen LogP contribution in [0.3, 0.4) is 0 Å². The van der Waals surface area contributed by atoms with E-state index in [4.69, 9.17) is 0 Å². The predicted octanol–water partition coefficient (Wildman–Crippen LogP) is 2.70. The Hall–Kier alpha value is 0.0200. The van der Waals surface area contributed by atoms with Crippen LogP contribution in [0.5, 0.6) is 0 Å². The van der Waals surface area contributed by atoms with E-state index in [1.165, 1.54) is 11.8 Å². The van der Waals surface area contributed by atoms with Gasteiger partial charge in [0.15, 0.2) is 5.12 Å². The summed E-state index contributed by atoms with van der Waals surface area (Å²) < 4.78 is 0. The molecule has 0 saturated heterocycles. The molecule has 0 heterocycles. The van der Waals surface area contributed by atoms with Gasteiger partial charge in [0.1, 0.15) is 0 Å². The van der Waals surface area contributed by atoms with Gasteiger partial charge in [-0.2, -0.15) is 0 Å². The second kappa shape index (κ2) is 5.78. The molecule has 0 saturated carbocycles. The summed E-state index contributed by atoms with van der Waals surface area (Å²) >= 11 is 1.45. The van der Waals surface area contributed by atoms with Crippen LogP contribution in [-0.2, 0) is 4.79 Å². The summed E-state index contributed by atoms with van der Waals surface area (Å²) in [6.45, 7) is 6.16. The molecule has 0 fully saturated rings. The standard InChI is InChI=1S/C8H16OS/c1-4-7(5-2)8(9)10-6-3/h7H,4-6H2,1-3H3. The Bertz CT molecular complexity index is 97.4. The fourth-order valence-corrected chi connectivity index (χ4v) is 1.74. The number of carbonyl (C=O) groups is 1. The zero-order valence-electron chi connectivity index (χ0n) is 7.02. The van der Waals surface area contributed by atoms with Crippen LogP contribution in [0, 0.1) is 5.92 Å². The largest absolute Gasteiger partial charge is 0.287 e. The Morgan fingerprint density at radius 2 is 1.80 bits per heavy atom. The van der Waals surface area contributed by atoms with Crippen LogP contribution in [0.15, 0.2) is 0 Å². The van der Waals surface area contributed by atoms with Gasteiger partial charge in [-0.15, -0.1) is 0 Å². The van der Waals surface area contributed by atoms with E-state index in [0.29, 0.717) is 11.0 Å². The van der Waals surface area contributed by atoms with Gasteiger partial charge in [0.25, 0.3) is 0 Å². The number of carbonyl (C=O) groups excluding carboxylic acids is 1. The molecule has 0 unspecified atom stereocenters. The van der Waals surface area contributed by atoms with Gasteiger partial charge in [-0.1, -0.05) is 32.5 Å². The molecule has 0 rings (SSSR count).